The lowest BCUT2D eigenvalue weighted by Gasteiger charge is -2.41. The molecule has 2 rings (SSSR count). The van der Waals surface area contributed by atoms with Crippen LogP contribution in [0.3, 0.4) is 0 Å². The molecule has 0 amide bonds. The van der Waals surface area contributed by atoms with Gasteiger partial charge in [0.1, 0.15) is 17.1 Å². The average Bonchev–Trinajstić information content (AvgIpc) is 2.76. The molecule has 4 heteroatoms. The van der Waals surface area contributed by atoms with Crippen molar-refractivity contribution < 1.29 is 14.3 Å². The van der Waals surface area contributed by atoms with Gasteiger partial charge in [0.2, 0.25) is 0 Å². The zero-order chi connectivity index (χ0) is 11.3. The summed E-state index contributed by atoms with van der Waals surface area (Å²) < 4.78 is 10.8. The number of carbonyl (C=O) groups is 1. The quantitative estimate of drug-likeness (QED) is 0.542. The van der Waals surface area contributed by atoms with Crippen molar-refractivity contribution in [2.75, 3.05) is 13.7 Å². The first-order chi connectivity index (χ1) is 6.88. The van der Waals surface area contributed by atoms with Gasteiger partial charge in [-0.15, -0.1) is 0 Å². The maximum absolute atomic E-state index is 11.9. The standard InChI is InChI=1S/C11H19NO3/c1-10(2,3)15-9(13)8-7(12-4)5-11(8)6-14-11/h7-8,12H,5-6H2,1-4H3. The SMILES string of the molecule is CNC1CC2(CO2)C1C(=O)OC(C)(C)C. The fraction of sp³-hybridized carbons (Fsp3) is 0.909. The smallest absolute Gasteiger partial charge is 0.314 e. The van der Waals surface area contributed by atoms with Crippen LogP contribution >= 0.6 is 0 Å². The molecule has 3 unspecified atom stereocenters. The molecule has 1 heterocycles. The van der Waals surface area contributed by atoms with Crippen molar-refractivity contribution in [2.24, 2.45) is 5.92 Å². The minimum Gasteiger partial charge on any atom is -0.460 e. The van der Waals surface area contributed by atoms with Crippen LogP contribution in [-0.4, -0.2) is 36.9 Å². The number of carbonyl (C=O) groups excluding carboxylic acids is 1. The van der Waals surface area contributed by atoms with Crippen LogP contribution in [0.25, 0.3) is 0 Å². The highest BCUT2D eigenvalue weighted by Gasteiger charge is 2.67. The van der Waals surface area contributed by atoms with Crippen molar-refractivity contribution >= 4 is 5.97 Å². The fourth-order valence-electron chi connectivity index (χ4n) is 2.23. The average molecular weight is 213 g/mol. The van der Waals surface area contributed by atoms with Crippen molar-refractivity contribution in [3.63, 3.8) is 0 Å². The van der Waals surface area contributed by atoms with Crippen LogP contribution in [-0.2, 0) is 14.3 Å². The molecule has 1 N–H and O–H groups in total. The highest BCUT2D eigenvalue weighted by molar-refractivity contribution is 5.77. The minimum absolute atomic E-state index is 0.123. The van der Waals surface area contributed by atoms with E-state index in [4.69, 9.17) is 9.47 Å². The molecule has 0 aromatic heterocycles. The number of esters is 1. The van der Waals surface area contributed by atoms with Crippen LogP contribution < -0.4 is 5.32 Å². The minimum atomic E-state index is -0.416. The van der Waals surface area contributed by atoms with Gasteiger partial charge in [-0.25, -0.2) is 0 Å². The second kappa shape index (κ2) is 3.19. The molecule has 0 bridgehead atoms. The summed E-state index contributed by atoms with van der Waals surface area (Å²) >= 11 is 0. The van der Waals surface area contributed by atoms with Gasteiger partial charge in [0, 0.05) is 6.04 Å². The Hall–Kier alpha value is -0.610. The van der Waals surface area contributed by atoms with E-state index in [1.807, 2.05) is 27.8 Å². The molecule has 0 aromatic carbocycles. The Morgan fingerprint density at radius 1 is 1.53 bits per heavy atom. The molecular weight excluding hydrogens is 194 g/mol. The van der Waals surface area contributed by atoms with Crippen molar-refractivity contribution in [1.29, 1.82) is 0 Å². The molecule has 1 saturated heterocycles. The van der Waals surface area contributed by atoms with Gasteiger partial charge in [0.25, 0.3) is 0 Å². The summed E-state index contributed by atoms with van der Waals surface area (Å²) in [6.45, 7) is 6.37. The Kier molecular flexibility index (Phi) is 2.32. The molecule has 2 aliphatic rings. The van der Waals surface area contributed by atoms with Gasteiger partial charge in [-0.3, -0.25) is 4.79 Å². The van der Waals surface area contributed by atoms with Gasteiger partial charge in [-0.05, 0) is 34.2 Å². The summed E-state index contributed by atoms with van der Waals surface area (Å²) in [4.78, 5) is 11.9. The summed E-state index contributed by atoms with van der Waals surface area (Å²) in [6, 6.07) is 0.211. The maximum atomic E-state index is 11.9. The largest absolute Gasteiger partial charge is 0.460 e. The van der Waals surface area contributed by atoms with Crippen molar-refractivity contribution in [3.05, 3.63) is 0 Å². The number of rotatable bonds is 2. The van der Waals surface area contributed by atoms with E-state index in [0.717, 1.165) is 6.42 Å². The third-order valence-corrected chi connectivity index (χ3v) is 3.08. The number of nitrogens with one attached hydrogen (secondary N) is 1. The lowest BCUT2D eigenvalue weighted by atomic mass is 9.69. The maximum Gasteiger partial charge on any atom is 0.314 e. The lowest BCUT2D eigenvalue weighted by Crippen LogP contribution is -2.59. The Morgan fingerprint density at radius 2 is 2.13 bits per heavy atom. The first-order valence-corrected chi connectivity index (χ1v) is 5.42. The highest BCUT2D eigenvalue weighted by atomic mass is 16.6. The molecule has 2 fully saturated rings. The third-order valence-electron chi connectivity index (χ3n) is 3.08. The lowest BCUT2D eigenvalue weighted by molar-refractivity contribution is -0.169. The summed E-state index contributed by atoms with van der Waals surface area (Å²) in [5.74, 6) is -0.257. The van der Waals surface area contributed by atoms with E-state index in [0.29, 0.717) is 6.61 Å². The van der Waals surface area contributed by atoms with E-state index in [-0.39, 0.29) is 23.5 Å². The van der Waals surface area contributed by atoms with Gasteiger partial charge >= 0.3 is 5.97 Å². The van der Waals surface area contributed by atoms with Crippen LogP contribution in [0.15, 0.2) is 0 Å². The van der Waals surface area contributed by atoms with Crippen molar-refractivity contribution in [3.8, 4) is 0 Å². The van der Waals surface area contributed by atoms with E-state index in [1.54, 1.807) is 0 Å². The zero-order valence-corrected chi connectivity index (χ0v) is 9.79. The molecule has 0 radical (unpaired) electrons. The Labute approximate surface area is 90.3 Å². The summed E-state index contributed by atoms with van der Waals surface area (Å²) in [5, 5.41) is 3.13. The summed E-state index contributed by atoms with van der Waals surface area (Å²) in [5.41, 5.74) is -0.600. The molecule has 86 valence electrons. The monoisotopic (exact) mass is 213 g/mol. The van der Waals surface area contributed by atoms with E-state index >= 15 is 0 Å². The summed E-state index contributed by atoms with van der Waals surface area (Å²) in [7, 11) is 1.87. The molecule has 3 atom stereocenters. The second-order valence-electron chi connectivity index (χ2n) is 5.46. The molecule has 15 heavy (non-hydrogen) atoms. The second-order valence-corrected chi connectivity index (χ2v) is 5.46. The Morgan fingerprint density at radius 3 is 2.53 bits per heavy atom. The van der Waals surface area contributed by atoms with Crippen LogP contribution in [0.2, 0.25) is 0 Å². The van der Waals surface area contributed by atoms with Gasteiger partial charge < -0.3 is 14.8 Å². The van der Waals surface area contributed by atoms with Crippen molar-refractivity contribution in [1.82, 2.24) is 5.32 Å². The van der Waals surface area contributed by atoms with Crippen LogP contribution in [0, 0.1) is 5.92 Å². The molecule has 1 saturated carbocycles. The molecule has 0 aromatic rings. The van der Waals surface area contributed by atoms with Crippen LogP contribution in [0.5, 0.6) is 0 Å². The predicted molar refractivity (Wildman–Crippen MR) is 55.5 cm³/mol. The molecule has 1 spiro atoms. The van der Waals surface area contributed by atoms with E-state index < -0.39 is 5.60 Å². The van der Waals surface area contributed by atoms with Crippen LogP contribution in [0.1, 0.15) is 27.2 Å². The van der Waals surface area contributed by atoms with E-state index in [2.05, 4.69) is 5.32 Å². The first kappa shape index (κ1) is 10.9. The van der Waals surface area contributed by atoms with Gasteiger partial charge in [-0.2, -0.15) is 0 Å². The molecule has 1 aliphatic heterocycles. The topological polar surface area (TPSA) is 50.9 Å². The Bertz CT molecular complexity index is 278. The number of epoxide rings is 1. The zero-order valence-electron chi connectivity index (χ0n) is 9.79. The molecule has 1 aliphatic carbocycles. The van der Waals surface area contributed by atoms with Crippen molar-refractivity contribution in [2.45, 2.75) is 44.4 Å². The molecular formula is C11H19NO3. The number of hydrogen-bond donors (Lipinski definition) is 1. The van der Waals surface area contributed by atoms with Gasteiger partial charge in [0.15, 0.2) is 0 Å². The normalized spacial score (nSPS) is 38.7. The highest BCUT2D eigenvalue weighted by Crippen LogP contribution is 2.51. The predicted octanol–water partition coefficient (Wildman–Crippen LogP) is 0.705. The molecule has 4 nitrogen and oxygen atoms in total. The Balaban J connectivity index is 1.99. The van der Waals surface area contributed by atoms with Gasteiger partial charge in [0.05, 0.1) is 6.61 Å². The third kappa shape index (κ3) is 1.88. The van der Waals surface area contributed by atoms with E-state index in [9.17, 15) is 4.79 Å². The first-order valence-electron chi connectivity index (χ1n) is 5.42. The number of hydrogen-bond acceptors (Lipinski definition) is 4. The number of ether oxygens (including phenoxy) is 2. The van der Waals surface area contributed by atoms with Crippen LogP contribution in [0.4, 0.5) is 0 Å². The summed E-state index contributed by atoms with van der Waals surface area (Å²) in [6.07, 6.45) is 0.924. The van der Waals surface area contributed by atoms with Gasteiger partial charge in [-0.1, -0.05) is 0 Å². The fourth-order valence-corrected chi connectivity index (χ4v) is 2.23. The van der Waals surface area contributed by atoms with E-state index in [1.165, 1.54) is 0 Å².